The van der Waals surface area contributed by atoms with Crippen molar-refractivity contribution in [3.63, 3.8) is 0 Å². The van der Waals surface area contributed by atoms with Gasteiger partial charge < -0.3 is 15.4 Å². The van der Waals surface area contributed by atoms with Crippen LogP contribution in [0.3, 0.4) is 0 Å². The summed E-state index contributed by atoms with van der Waals surface area (Å²) in [7, 11) is 1.62. The molecule has 0 spiro atoms. The van der Waals surface area contributed by atoms with Crippen molar-refractivity contribution in [3.05, 3.63) is 76.7 Å². The highest BCUT2D eigenvalue weighted by Crippen LogP contribution is 2.28. The molecule has 0 aliphatic carbocycles. The van der Waals surface area contributed by atoms with E-state index < -0.39 is 0 Å². The Morgan fingerprint density at radius 3 is 2.54 bits per heavy atom. The van der Waals surface area contributed by atoms with Crippen LogP contribution in [-0.2, 0) is 6.54 Å². The zero-order chi connectivity index (χ0) is 20.1. The van der Waals surface area contributed by atoms with E-state index in [9.17, 15) is 4.79 Å². The van der Waals surface area contributed by atoms with E-state index in [-0.39, 0.29) is 5.91 Å². The smallest absolute Gasteiger partial charge is 0.270 e. The average molecular weight is 376 g/mol. The molecule has 0 saturated heterocycles. The summed E-state index contributed by atoms with van der Waals surface area (Å²) in [5.74, 6) is 1.51. The van der Waals surface area contributed by atoms with E-state index in [1.54, 1.807) is 20.1 Å². The van der Waals surface area contributed by atoms with Crippen molar-refractivity contribution in [2.45, 2.75) is 27.3 Å². The Morgan fingerprint density at radius 1 is 1.00 bits per heavy atom. The summed E-state index contributed by atoms with van der Waals surface area (Å²) in [5.41, 5.74) is 4.39. The number of hydrogen-bond acceptors (Lipinski definition) is 5. The third kappa shape index (κ3) is 4.85. The molecule has 0 aliphatic rings. The highest BCUT2D eigenvalue weighted by atomic mass is 16.5. The van der Waals surface area contributed by atoms with Crippen LogP contribution in [0.1, 0.15) is 33.0 Å². The lowest BCUT2D eigenvalue weighted by Crippen LogP contribution is -2.24. The van der Waals surface area contributed by atoms with Crippen LogP contribution in [0.5, 0.6) is 5.75 Å². The summed E-state index contributed by atoms with van der Waals surface area (Å²) in [6, 6.07) is 15.5. The van der Waals surface area contributed by atoms with Crippen LogP contribution in [0.15, 0.2) is 48.5 Å². The second kappa shape index (κ2) is 8.52. The molecule has 6 nitrogen and oxygen atoms in total. The molecule has 0 radical (unpaired) electrons. The summed E-state index contributed by atoms with van der Waals surface area (Å²) < 4.78 is 5.39. The Labute approximate surface area is 165 Å². The number of rotatable bonds is 6. The molecule has 0 unspecified atom stereocenters. The first-order chi connectivity index (χ1) is 13.4. The maximum absolute atomic E-state index is 12.6. The molecule has 2 aromatic carbocycles. The predicted molar refractivity (Wildman–Crippen MR) is 110 cm³/mol. The number of amides is 1. The average Bonchev–Trinajstić information content (AvgIpc) is 2.66. The van der Waals surface area contributed by atoms with Crippen molar-refractivity contribution in [1.82, 2.24) is 15.3 Å². The molecule has 3 rings (SSSR count). The molecule has 6 heteroatoms. The van der Waals surface area contributed by atoms with Gasteiger partial charge in [-0.05, 0) is 44.0 Å². The second-order valence-corrected chi connectivity index (χ2v) is 6.69. The van der Waals surface area contributed by atoms with E-state index in [1.807, 2.05) is 56.3 Å². The summed E-state index contributed by atoms with van der Waals surface area (Å²) in [4.78, 5) is 21.2. The molecule has 0 aliphatic heterocycles. The Kier molecular flexibility index (Phi) is 5.89. The van der Waals surface area contributed by atoms with Gasteiger partial charge in [0.05, 0.1) is 12.8 Å². The summed E-state index contributed by atoms with van der Waals surface area (Å²) in [6.45, 7) is 6.23. The van der Waals surface area contributed by atoms with Crippen molar-refractivity contribution in [3.8, 4) is 5.75 Å². The number of nitrogens with zero attached hydrogens (tertiary/aromatic N) is 2. The number of methoxy groups -OCH3 is 1. The highest BCUT2D eigenvalue weighted by Gasteiger charge is 2.12. The first-order valence-electron chi connectivity index (χ1n) is 9.05. The van der Waals surface area contributed by atoms with Gasteiger partial charge in [0.15, 0.2) is 0 Å². The topological polar surface area (TPSA) is 76.1 Å². The van der Waals surface area contributed by atoms with Crippen LogP contribution < -0.4 is 15.4 Å². The van der Waals surface area contributed by atoms with E-state index in [4.69, 9.17) is 4.74 Å². The molecule has 2 N–H and O–H groups in total. The summed E-state index contributed by atoms with van der Waals surface area (Å²) in [6.07, 6.45) is 0. The third-order valence-corrected chi connectivity index (χ3v) is 4.22. The maximum atomic E-state index is 12.6. The quantitative estimate of drug-likeness (QED) is 0.678. The molecule has 144 valence electrons. The number of nitrogens with one attached hydrogen (secondary N) is 2. The number of carbonyl (C=O) groups is 1. The van der Waals surface area contributed by atoms with Gasteiger partial charge in [0.2, 0.25) is 0 Å². The predicted octanol–water partition coefficient (Wildman–Crippen LogP) is 4.08. The number of aromatic nitrogens is 2. The van der Waals surface area contributed by atoms with Gasteiger partial charge in [-0.2, -0.15) is 0 Å². The Hall–Kier alpha value is -3.41. The standard InChI is InChI=1S/C22H24N4O2/c1-14-6-5-7-17(10-14)13-23-22(27)19-12-21(25-16(3)24-19)26-18-11-15(2)8-9-20(18)28-4/h5-12H,13H2,1-4H3,(H,23,27)(H,24,25,26). The molecule has 1 heterocycles. The first-order valence-corrected chi connectivity index (χ1v) is 9.05. The summed E-state index contributed by atoms with van der Waals surface area (Å²) in [5, 5.41) is 6.14. The van der Waals surface area contributed by atoms with Gasteiger partial charge in [-0.25, -0.2) is 9.97 Å². The van der Waals surface area contributed by atoms with Gasteiger partial charge >= 0.3 is 0 Å². The number of aryl methyl sites for hydroxylation is 3. The molecule has 3 aromatic rings. The van der Waals surface area contributed by atoms with Crippen molar-refractivity contribution >= 4 is 17.4 Å². The zero-order valence-electron chi connectivity index (χ0n) is 16.5. The second-order valence-electron chi connectivity index (χ2n) is 6.69. The molecule has 1 amide bonds. The van der Waals surface area contributed by atoms with Gasteiger partial charge in [0.25, 0.3) is 5.91 Å². The Morgan fingerprint density at radius 2 is 1.79 bits per heavy atom. The zero-order valence-corrected chi connectivity index (χ0v) is 16.5. The number of anilines is 2. The lowest BCUT2D eigenvalue weighted by molar-refractivity contribution is 0.0945. The SMILES string of the molecule is COc1ccc(C)cc1Nc1cc(C(=O)NCc2cccc(C)c2)nc(C)n1. The fourth-order valence-electron chi connectivity index (χ4n) is 2.90. The van der Waals surface area contributed by atoms with Crippen molar-refractivity contribution in [2.24, 2.45) is 0 Å². The van der Waals surface area contributed by atoms with Crippen LogP contribution in [0.2, 0.25) is 0 Å². The summed E-state index contributed by atoms with van der Waals surface area (Å²) >= 11 is 0. The van der Waals surface area contributed by atoms with E-state index in [1.165, 1.54) is 0 Å². The van der Waals surface area contributed by atoms with Gasteiger partial charge in [-0.1, -0.05) is 35.9 Å². The van der Waals surface area contributed by atoms with E-state index in [0.29, 0.717) is 29.6 Å². The minimum atomic E-state index is -0.244. The molecule has 0 atom stereocenters. The fourth-order valence-corrected chi connectivity index (χ4v) is 2.90. The fraction of sp³-hybridized carbons (Fsp3) is 0.227. The van der Waals surface area contributed by atoms with Crippen molar-refractivity contribution < 1.29 is 9.53 Å². The lowest BCUT2D eigenvalue weighted by Gasteiger charge is -2.13. The van der Waals surface area contributed by atoms with Crippen LogP contribution in [0.4, 0.5) is 11.5 Å². The largest absolute Gasteiger partial charge is 0.495 e. The molecule has 0 bridgehead atoms. The van der Waals surface area contributed by atoms with Gasteiger partial charge in [-0.3, -0.25) is 4.79 Å². The van der Waals surface area contributed by atoms with Gasteiger partial charge in [0, 0.05) is 12.6 Å². The molecule has 0 fully saturated rings. The third-order valence-electron chi connectivity index (χ3n) is 4.22. The van der Waals surface area contributed by atoms with E-state index in [0.717, 1.165) is 22.4 Å². The highest BCUT2D eigenvalue weighted by molar-refractivity contribution is 5.93. The van der Waals surface area contributed by atoms with Crippen LogP contribution in [0.25, 0.3) is 0 Å². The minimum absolute atomic E-state index is 0.244. The maximum Gasteiger partial charge on any atom is 0.270 e. The first kappa shape index (κ1) is 19.4. The normalized spacial score (nSPS) is 10.4. The van der Waals surface area contributed by atoms with Crippen LogP contribution in [-0.4, -0.2) is 23.0 Å². The number of carbonyl (C=O) groups excluding carboxylic acids is 1. The van der Waals surface area contributed by atoms with Crippen LogP contribution >= 0.6 is 0 Å². The number of ether oxygens (including phenoxy) is 1. The number of benzene rings is 2. The van der Waals surface area contributed by atoms with E-state index in [2.05, 4.69) is 20.6 Å². The van der Waals surface area contributed by atoms with E-state index >= 15 is 0 Å². The number of hydrogen-bond donors (Lipinski definition) is 2. The molecular weight excluding hydrogens is 352 g/mol. The van der Waals surface area contributed by atoms with Crippen molar-refractivity contribution in [2.75, 3.05) is 12.4 Å². The van der Waals surface area contributed by atoms with Gasteiger partial charge in [-0.15, -0.1) is 0 Å². The molecule has 0 saturated carbocycles. The Bertz CT molecular complexity index is 1000. The molecule has 1 aromatic heterocycles. The lowest BCUT2D eigenvalue weighted by atomic mass is 10.1. The van der Waals surface area contributed by atoms with Gasteiger partial charge in [0.1, 0.15) is 23.1 Å². The molecule has 28 heavy (non-hydrogen) atoms. The Balaban J connectivity index is 1.77. The van der Waals surface area contributed by atoms with Crippen molar-refractivity contribution in [1.29, 1.82) is 0 Å². The molecular formula is C22H24N4O2. The monoisotopic (exact) mass is 376 g/mol. The van der Waals surface area contributed by atoms with Crippen LogP contribution in [0, 0.1) is 20.8 Å². The minimum Gasteiger partial charge on any atom is -0.495 e.